The van der Waals surface area contributed by atoms with Crippen LogP contribution in [-0.2, 0) is 13.6 Å². The van der Waals surface area contributed by atoms with Crippen LogP contribution in [0.1, 0.15) is 117 Å². The van der Waals surface area contributed by atoms with Crippen LogP contribution in [0.5, 0.6) is 0 Å². The molecule has 0 bridgehead atoms. The molecule has 282 valence electrons. The van der Waals surface area contributed by atoms with E-state index in [9.17, 15) is 4.79 Å². The zero-order valence-electron chi connectivity index (χ0n) is 35.2. The van der Waals surface area contributed by atoms with Crippen molar-refractivity contribution >= 4 is 30.6 Å². The predicted octanol–water partition coefficient (Wildman–Crippen LogP) is 12.1. The molecule has 1 N–H and O–H groups in total. The third-order valence-electron chi connectivity index (χ3n) is 12.7. The van der Waals surface area contributed by atoms with E-state index in [-0.39, 0.29) is 46.4 Å². The van der Waals surface area contributed by atoms with Gasteiger partial charge in [0.15, 0.2) is 16.6 Å². The number of nitrogens with one attached hydrogen (secondary N) is 1. The SMILES string of the molecule is CC[Si](C#C[C@]1(C)CCC=C[C@@H]1/C=C(C)/C=C/[C@@H](C)[C@@H](O[Si](CC)(CC)CC)[C@H](C)[C@H](O[Si](C)(C)C(C)(C)C)[C@@H](C)NC(C)=O)(CC)CC. The molecule has 0 spiro atoms. The maximum absolute atomic E-state index is 12.3. The van der Waals surface area contributed by atoms with Crippen LogP contribution in [-0.4, -0.2) is 48.9 Å². The third-order valence-corrected chi connectivity index (χ3v) is 26.5. The molecule has 0 fully saturated rings. The van der Waals surface area contributed by atoms with Crippen molar-refractivity contribution in [3.05, 3.63) is 36.0 Å². The van der Waals surface area contributed by atoms with Crippen molar-refractivity contribution in [2.75, 3.05) is 0 Å². The summed E-state index contributed by atoms with van der Waals surface area (Å²) in [5, 5.41) is 3.26. The molecule has 0 aromatic heterocycles. The fourth-order valence-electron chi connectivity index (χ4n) is 7.19. The summed E-state index contributed by atoms with van der Waals surface area (Å²) in [6.45, 7) is 38.4. The highest BCUT2D eigenvalue weighted by Crippen LogP contribution is 2.41. The van der Waals surface area contributed by atoms with E-state index in [4.69, 9.17) is 8.85 Å². The van der Waals surface area contributed by atoms with Crippen LogP contribution in [0.25, 0.3) is 0 Å². The Morgan fingerprint density at radius 3 is 1.96 bits per heavy atom. The standard InChI is InChI=1S/C42H79NO3Si3/c1-18-48(19-2,20-3)31-30-42(15)29-25-24-26-38(42)32-33(7)27-28-34(8)39(46-49(21-4,22-5)23-6)35(9)40(36(10)43-37(11)44)45-47(16,17)41(12,13)14/h24,26-28,32,34-36,38-40H,18-23,25,29H2,1-17H3,(H,43,44)/b28-27+,33-32+/t34-,35+,36-,38-,39-,40+,42+/m1/s1. The van der Waals surface area contributed by atoms with Gasteiger partial charge in [0.05, 0.1) is 18.2 Å². The van der Waals surface area contributed by atoms with E-state index in [1.54, 1.807) is 6.92 Å². The summed E-state index contributed by atoms with van der Waals surface area (Å²) in [6, 6.07) is 6.88. The van der Waals surface area contributed by atoms with Crippen LogP contribution < -0.4 is 5.32 Å². The Morgan fingerprint density at radius 1 is 0.939 bits per heavy atom. The molecule has 1 aliphatic carbocycles. The molecule has 1 amide bonds. The third kappa shape index (κ3) is 12.8. The minimum absolute atomic E-state index is 0.0188. The van der Waals surface area contributed by atoms with Gasteiger partial charge in [-0.1, -0.05) is 112 Å². The molecule has 49 heavy (non-hydrogen) atoms. The minimum atomic E-state index is -2.15. The first-order valence-electron chi connectivity index (χ1n) is 19.8. The van der Waals surface area contributed by atoms with Crippen molar-refractivity contribution in [3.63, 3.8) is 0 Å². The predicted molar refractivity (Wildman–Crippen MR) is 224 cm³/mol. The molecule has 4 nitrogen and oxygen atoms in total. The Hall–Kier alpha value is -1.18. The molecule has 7 heteroatoms. The van der Waals surface area contributed by atoms with E-state index in [1.165, 1.54) is 23.7 Å². The van der Waals surface area contributed by atoms with E-state index in [0.717, 1.165) is 31.0 Å². The van der Waals surface area contributed by atoms with Gasteiger partial charge >= 0.3 is 0 Å². The molecule has 0 saturated carbocycles. The maximum Gasteiger partial charge on any atom is 0.217 e. The molecule has 7 atom stereocenters. The molecule has 0 heterocycles. The second-order valence-corrected chi connectivity index (χ2v) is 31.6. The molecule has 0 aliphatic heterocycles. The topological polar surface area (TPSA) is 47.6 Å². The quantitative estimate of drug-likeness (QED) is 0.0661. The summed E-state index contributed by atoms with van der Waals surface area (Å²) in [5.41, 5.74) is 5.17. The molecule has 1 rings (SSSR count). The molecular formula is C42H79NO3Si3. The molecule has 0 unspecified atom stereocenters. The lowest BCUT2D eigenvalue weighted by Gasteiger charge is -2.46. The van der Waals surface area contributed by atoms with E-state index < -0.39 is 24.7 Å². The van der Waals surface area contributed by atoms with Crippen LogP contribution >= 0.6 is 0 Å². The Morgan fingerprint density at radius 2 is 1.49 bits per heavy atom. The van der Waals surface area contributed by atoms with E-state index in [1.807, 2.05) is 0 Å². The minimum Gasteiger partial charge on any atom is -0.413 e. The highest BCUT2D eigenvalue weighted by atomic mass is 28.4. The lowest BCUT2D eigenvalue weighted by Crippen LogP contribution is -2.56. The molecule has 0 radical (unpaired) electrons. The summed E-state index contributed by atoms with van der Waals surface area (Å²) < 4.78 is 14.6. The van der Waals surface area contributed by atoms with Gasteiger partial charge in [0, 0.05) is 24.2 Å². The average molecular weight is 730 g/mol. The zero-order chi connectivity index (χ0) is 37.8. The summed E-state index contributed by atoms with van der Waals surface area (Å²) in [5.74, 6) is 4.43. The Labute approximate surface area is 308 Å². The summed E-state index contributed by atoms with van der Waals surface area (Å²) in [6.07, 6.45) is 13.9. The smallest absolute Gasteiger partial charge is 0.217 e. The number of rotatable bonds is 18. The first-order valence-corrected chi connectivity index (χ1v) is 27.9. The normalized spacial score (nSPS) is 22.6. The van der Waals surface area contributed by atoms with Crippen LogP contribution in [0.4, 0.5) is 0 Å². The summed E-state index contributed by atoms with van der Waals surface area (Å²) >= 11 is 0. The van der Waals surface area contributed by atoms with Crippen LogP contribution in [0.3, 0.4) is 0 Å². The second-order valence-electron chi connectivity index (χ2n) is 17.1. The molecular weight excluding hydrogens is 651 g/mol. The van der Waals surface area contributed by atoms with Crippen LogP contribution in [0, 0.1) is 34.6 Å². The number of allylic oxidation sites excluding steroid dienone is 5. The first-order chi connectivity index (χ1) is 22.6. The lowest BCUT2D eigenvalue weighted by molar-refractivity contribution is -0.120. The fraction of sp³-hybridized carbons (Fsp3) is 0.786. The Kier molecular flexibility index (Phi) is 18.3. The van der Waals surface area contributed by atoms with Gasteiger partial charge < -0.3 is 14.2 Å². The number of amides is 1. The van der Waals surface area contributed by atoms with Gasteiger partial charge in [0.25, 0.3) is 0 Å². The van der Waals surface area contributed by atoms with Gasteiger partial charge in [-0.3, -0.25) is 4.79 Å². The van der Waals surface area contributed by atoms with Crippen LogP contribution in [0.15, 0.2) is 36.0 Å². The highest BCUT2D eigenvalue weighted by molar-refractivity contribution is 6.87. The summed E-state index contributed by atoms with van der Waals surface area (Å²) in [7, 11) is -5.62. The number of carbonyl (C=O) groups excluding carboxylic acids is 1. The lowest BCUT2D eigenvalue weighted by atomic mass is 9.71. The largest absolute Gasteiger partial charge is 0.413 e. The van der Waals surface area contributed by atoms with Gasteiger partial charge in [-0.15, -0.1) is 11.5 Å². The van der Waals surface area contributed by atoms with E-state index >= 15 is 0 Å². The molecule has 1 aliphatic rings. The number of hydrogen-bond donors (Lipinski definition) is 1. The van der Waals surface area contributed by atoms with Gasteiger partial charge in [-0.05, 0) is 93.9 Å². The van der Waals surface area contributed by atoms with Gasteiger partial charge in [-0.2, -0.15) is 0 Å². The maximum atomic E-state index is 12.3. The monoisotopic (exact) mass is 730 g/mol. The highest BCUT2D eigenvalue weighted by Gasteiger charge is 2.45. The number of hydrogen-bond acceptors (Lipinski definition) is 3. The second kappa shape index (κ2) is 19.6. The molecule has 0 saturated heterocycles. The fourth-order valence-corrected chi connectivity index (χ4v) is 14.2. The van der Waals surface area contributed by atoms with E-state index in [0.29, 0.717) is 5.92 Å². The van der Waals surface area contributed by atoms with E-state index in [2.05, 4.69) is 157 Å². The van der Waals surface area contributed by atoms with Crippen molar-refractivity contribution < 1.29 is 13.6 Å². The van der Waals surface area contributed by atoms with Gasteiger partial charge in [0.1, 0.15) is 8.07 Å². The van der Waals surface area contributed by atoms with Crippen molar-refractivity contribution in [3.8, 4) is 11.5 Å². The van der Waals surface area contributed by atoms with Crippen molar-refractivity contribution in [1.82, 2.24) is 5.32 Å². The zero-order valence-corrected chi connectivity index (χ0v) is 38.2. The average Bonchev–Trinajstić information content (AvgIpc) is 3.04. The molecule has 0 aromatic rings. The van der Waals surface area contributed by atoms with Crippen molar-refractivity contribution in [2.24, 2.45) is 23.2 Å². The van der Waals surface area contributed by atoms with Gasteiger partial charge in [0.2, 0.25) is 5.91 Å². The Balaban J connectivity index is 3.61. The molecule has 0 aromatic carbocycles. The van der Waals surface area contributed by atoms with Crippen LogP contribution in [0.2, 0.25) is 54.4 Å². The number of carbonyl (C=O) groups is 1. The van der Waals surface area contributed by atoms with Gasteiger partial charge in [-0.25, -0.2) is 0 Å². The first kappa shape index (κ1) is 45.8. The van der Waals surface area contributed by atoms with Crippen molar-refractivity contribution in [1.29, 1.82) is 0 Å². The van der Waals surface area contributed by atoms with Crippen molar-refractivity contribution in [2.45, 2.75) is 189 Å². The Bertz CT molecular complexity index is 1170. The summed E-state index contributed by atoms with van der Waals surface area (Å²) in [4.78, 5) is 12.3.